The molecule has 17 heavy (non-hydrogen) atoms. The fraction of sp³-hybridized carbons (Fsp3) is 0.250. The van der Waals surface area contributed by atoms with E-state index in [0.717, 1.165) is 5.82 Å². The second kappa shape index (κ2) is 5.08. The number of nitrogens with zero attached hydrogens (tertiary/aromatic N) is 2. The van der Waals surface area contributed by atoms with Crippen molar-refractivity contribution in [3.05, 3.63) is 52.0 Å². The van der Waals surface area contributed by atoms with E-state index in [0.29, 0.717) is 22.0 Å². The summed E-state index contributed by atoms with van der Waals surface area (Å²) in [5.74, 6) is 0.809. The smallest absolute Gasteiger partial charge is 0.111 e. The van der Waals surface area contributed by atoms with Crippen LogP contribution in [0.3, 0.4) is 0 Å². The maximum absolute atomic E-state index is 10.1. The van der Waals surface area contributed by atoms with E-state index in [1.54, 1.807) is 24.4 Å². The Bertz CT molecular complexity index is 525. The van der Waals surface area contributed by atoms with E-state index in [9.17, 15) is 5.11 Å². The highest BCUT2D eigenvalue weighted by Crippen LogP contribution is 2.27. The molecule has 1 heterocycles. The number of hydrogen-bond acceptors (Lipinski definition) is 2. The molecule has 5 heteroatoms. The topological polar surface area (TPSA) is 38.0 Å². The summed E-state index contributed by atoms with van der Waals surface area (Å²) in [4.78, 5) is 4.16. The molecule has 1 unspecified atom stereocenters. The summed E-state index contributed by atoms with van der Waals surface area (Å²) in [6.45, 7) is 0. The van der Waals surface area contributed by atoms with Crippen molar-refractivity contribution in [3.8, 4) is 0 Å². The van der Waals surface area contributed by atoms with Gasteiger partial charge in [-0.2, -0.15) is 0 Å². The zero-order valence-corrected chi connectivity index (χ0v) is 10.8. The molecule has 1 aromatic heterocycles. The average Bonchev–Trinajstić information content (AvgIpc) is 2.64. The van der Waals surface area contributed by atoms with Crippen molar-refractivity contribution >= 4 is 23.2 Å². The summed E-state index contributed by atoms with van der Waals surface area (Å²) in [5, 5.41) is 11.1. The molecule has 0 saturated carbocycles. The monoisotopic (exact) mass is 270 g/mol. The maximum Gasteiger partial charge on any atom is 0.111 e. The fourth-order valence-corrected chi connectivity index (χ4v) is 2.18. The Balaban J connectivity index is 2.20. The Morgan fingerprint density at radius 1 is 1.41 bits per heavy atom. The Labute approximate surface area is 110 Å². The van der Waals surface area contributed by atoms with Crippen molar-refractivity contribution in [2.75, 3.05) is 0 Å². The fourth-order valence-electron chi connectivity index (χ4n) is 1.65. The van der Waals surface area contributed by atoms with Crippen molar-refractivity contribution in [2.24, 2.45) is 7.05 Å². The van der Waals surface area contributed by atoms with Crippen LogP contribution in [0, 0.1) is 0 Å². The number of aryl methyl sites for hydroxylation is 1. The summed E-state index contributed by atoms with van der Waals surface area (Å²) in [6, 6.07) is 5.07. The molecule has 1 N–H and O–H groups in total. The van der Waals surface area contributed by atoms with Gasteiger partial charge in [0, 0.05) is 35.9 Å². The van der Waals surface area contributed by atoms with Crippen LogP contribution < -0.4 is 0 Å². The van der Waals surface area contributed by atoms with Crippen LogP contribution in [-0.2, 0) is 13.5 Å². The van der Waals surface area contributed by atoms with Crippen LogP contribution in [0.1, 0.15) is 17.5 Å². The first-order valence-corrected chi connectivity index (χ1v) is 5.92. The van der Waals surface area contributed by atoms with E-state index < -0.39 is 6.10 Å². The summed E-state index contributed by atoms with van der Waals surface area (Å²) in [5.41, 5.74) is 0.666. The molecule has 0 saturated heterocycles. The molecule has 0 bridgehead atoms. The third kappa shape index (κ3) is 2.80. The molecule has 2 rings (SSSR count). The predicted octanol–water partition coefficient (Wildman–Crippen LogP) is 3.00. The molecule has 0 aliphatic carbocycles. The number of hydrogen-bond donors (Lipinski definition) is 1. The van der Waals surface area contributed by atoms with Crippen molar-refractivity contribution in [2.45, 2.75) is 12.5 Å². The molecule has 2 aromatic rings. The van der Waals surface area contributed by atoms with Gasteiger partial charge in [0.05, 0.1) is 6.10 Å². The van der Waals surface area contributed by atoms with E-state index in [2.05, 4.69) is 4.98 Å². The van der Waals surface area contributed by atoms with Gasteiger partial charge in [0.25, 0.3) is 0 Å². The Kier molecular flexibility index (Phi) is 3.72. The van der Waals surface area contributed by atoms with Gasteiger partial charge >= 0.3 is 0 Å². The number of aliphatic hydroxyl groups excluding tert-OH is 1. The molecule has 1 aromatic carbocycles. The van der Waals surface area contributed by atoms with Gasteiger partial charge in [0.15, 0.2) is 0 Å². The first kappa shape index (κ1) is 12.4. The minimum Gasteiger partial charge on any atom is -0.388 e. The minimum atomic E-state index is -0.680. The normalized spacial score (nSPS) is 12.7. The quantitative estimate of drug-likeness (QED) is 0.931. The van der Waals surface area contributed by atoms with E-state index in [-0.39, 0.29) is 0 Å². The van der Waals surface area contributed by atoms with Crippen molar-refractivity contribution < 1.29 is 5.11 Å². The number of imidazole rings is 1. The van der Waals surface area contributed by atoms with Gasteiger partial charge in [-0.15, -0.1) is 0 Å². The summed E-state index contributed by atoms with van der Waals surface area (Å²) in [7, 11) is 1.89. The van der Waals surface area contributed by atoms with Crippen molar-refractivity contribution in [3.63, 3.8) is 0 Å². The lowest BCUT2D eigenvalue weighted by molar-refractivity contribution is 0.175. The number of rotatable bonds is 3. The van der Waals surface area contributed by atoms with Gasteiger partial charge < -0.3 is 9.67 Å². The largest absolute Gasteiger partial charge is 0.388 e. The highest BCUT2D eigenvalue weighted by molar-refractivity contribution is 6.35. The molecule has 3 nitrogen and oxygen atoms in total. The second-order valence-corrected chi connectivity index (χ2v) is 4.68. The number of aromatic nitrogens is 2. The zero-order chi connectivity index (χ0) is 12.4. The lowest BCUT2D eigenvalue weighted by atomic mass is 10.1. The maximum atomic E-state index is 10.1. The summed E-state index contributed by atoms with van der Waals surface area (Å²) >= 11 is 11.8. The highest BCUT2D eigenvalue weighted by Gasteiger charge is 2.14. The van der Waals surface area contributed by atoms with Crippen LogP contribution in [-0.4, -0.2) is 14.7 Å². The van der Waals surface area contributed by atoms with Crippen LogP contribution in [0.15, 0.2) is 30.6 Å². The second-order valence-electron chi connectivity index (χ2n) is 3.84. The number of aliphatic hydroxyl groups is 1. The Morgan fingerprint density at radius 3 is 2.76 bits per heavy atom. The third-order valence-electron chi connectivity index (χ3n) is 2.62. The molecule has 0 aliphatic rings. The summed E-state index contributed by atoms with van der Waals surface area (Å²) < 4.78 is 1.87. The summed E-state index contributed by atoms with van der Waals surface area (Å²) in [6.07, 6.45) is 3.28. The van der Waals surface area contributed by atoms with Crippen LogP contribution in [0.4, 0.5) is 0 Å². The van der Waals surface area contributed by atoms with Crippen molar-refractivity contribution in [1.29, 1.82) is 0 Å². The predicted molar refractivity (Wildman–Crippen MR) is 68.3 cm³/mol. The SMILES string of the molecule is Cn1ccnc1CC(O)c1ccc(Cl)cc1Cl. The van der Waals surface area contributed by atoms with E-state index in [1.807, 2.05) is 17.8 Å². The molecular formula is C12H12Cl2N2O. The molecule has 0 radical (unpaired) electrons. The Morgan fingerprint density at radius 2 is 2.18 bits per heavy atom. The van der Waals surface area contributed by atoms with Crippen LogP contribution >= 0.6 is 23.2 Å². The van der Waals surface area contributed by atoms with Crippen LogP contribution in [0.25, 0.3) is 0 Å². The van der Waals surface area contributed by atoms with Crippen molar-refractivity contribution in [1.82, 2.24) is 9.55 Å². The molecule has 90 valence electrons. The Hall–Kier alpha value is -1.03. The molecule has 0 aliphatic heterocycles. The molecular weight excluding hydrogens is 259 g/mol. The number of halogens is 2. The first-order valence-electron chi connectivity index (χ1n) is 5.17. The highest BCUT2D eigenvalue weighted by atomic mass is 35.5. The van der Waals surface area contributed by atoms with E-state index in [1.165, 1.54) is 0 Å². The van der Waals surface area contributed by atoms with Gasteiger partial charge in [-0.1, -0.05) is 29.3 Å². The molecule has 0 amide bonds. The van der Waals surface area contributed by atoms with Gasteiger partial charge in [-0.3, -0.25) is 0 Å². The zero-order valence-electron chi connectivity index (χ0n) is 9.27. The standard InChI is InChI=1S/C12H12Cl2N2O/c1-16-5-4-15-12(16)7-11(17)9-3-2-8(13)6-10(9)14/h2-6,11,17H,7H2,1H3. The van der Waals surface area contributed by atoms with Gasteiger partial charge in [-0.25, -0.2) is 4.98 Å². The van der Waals surface area contributed by atoms with Gasteiger partial charge in [0.2, 0.25) is 0 Å². The van der Waals surface area contributed by atoms with E-state index in [4.69, 9.17) is 23.2 Å². The minimum absolute atomic E-state index is 0.421. The van der Waals surface area contributed by atoms with Gasteiger partial charge in [0.1, 0.15) is 5.82 Å². The molecule has 1 atom stereocenters. The van der Waals surface area contributed by atoms with E-state index >= 15 is 0 Å². The first-order chi connectivity index (χ1) is 8.08. The van der Waals surface area contributed by atoms with Gasteiger partial charge in [-0.05, 0) is 17.7 Å². The van der Waals surface area contributed by atoms with Crippen LogP contribution in [0.5, 0.6) is 0 Å². The average molecular weight is 271 g/mol. The molecule has 0 fully saturated rings. The third-order valence-corrected chi connectivity index (χ3v) is 3.18. The lowest BCUT2D eigenvalue weighted by Gasteiger charge is -2.12. The number of benzene rings is 1. The molecule has 0 spiro atoms. The van der Waals surface area contributed by atoms with Crippen LogP contribution in [0.2, 0.25) is 10.0 Å². The lowest BCUT2D eigenvalue weighted by Crippen LogP contribution is -2.07.